The molecule has 180 valence electrons. The Morgan fingerprint density at radius 2 is 1.94 bits per heavy atom. The lowest BCUT2D eigenvalue weighted by Gasteiger charge is -2.33. The number of hydrogen-bond acceptors (Lipinski definition) is 3. The number of benzene rings is 2. The van der Waals surface area contributed by atoms with Crippen molar-refractivity contribution in [1.82, 2.24) is 15.2 Å². The van der Waals surface area contributed by atoms with Crippen LogP contribution in [0.15, 0.2) is 54.7 Å². The van der Waals surface area contributed by atoms with Gasteiger partial charge in [-0.1, -0.05) is 49.7 Å². The molecule has 2 aliphatic heterocycles. The Morgan fingerprint density at radius 1 is 1.12 bits per heavy atom. The molecule has 2 fully saturated rings. The fourth-order valence-corrected chi connectivity index (χ4v) is 5.69. The molecule has 0 aliphatic carbocycles. The molecule has 5 heteroatoms. The highest BCUT2D eigenvalue weighted by molar-refractivity contribution is 5.84. The highest BCUT2D eigenvalue weighted by Crippen LogP contribution is 2.27. The minimum Gasteiger partial charge on any atom is -0.447 e. The molecule has 2 atom stereocenters. The van der Waals surface area contributed by atoms with Gasteiger partial charge in [-0.05, 0) is 85.9 Å². The van der Waals surface area contributed by atoms with Crippen molar-refractivity contribution < 1.29 is 9.53 Å². The highest BCUT2D eigenvalue weighted by atomic mass is 16.6. The second kappa shape index (κ2) is 10.6. The van der Waals surface area contributed by atoms with E-state index in [1.165, 1.54) is 72.9 Å². The summed E-state index contributed by atoms with van der Waals surface area (Å²) >= 11 is 0. The molecule has 5 nitrogen and oxygen atoms in total. The van der Waals surface area contributed by atoms with Crippen molar-refractivity contribution in [2.24, 2.45) is 5.92 Å². The number of alkyl carbamates (subject to hydrolysis) is 1. The maximum absolute atomic E-state index is 11.3. The van der Waals surface area contributed by atoms with Crippen molar-refractivity contribution in [3.63, 3.8) is 0 Å². The zero-order valence-electron chi connectivity index (χ0n) is 20.3. The first kappa shape index (κ1) is 23.0. The van der Waals surface area contributed by atoms with Crippen molar-refractivity contribution in [2.75, 3.05) is 26.2 Å². The molecule has 3 heterocycles. The van der Waals surface area contributed by atoms with E-state index in [9.17, 15) is 4.79 Å². The van der Waals surface area contributed by atoms with E-state index in [1.807, 2.05) is 0 Å². The van der Waals surface area contributed by atoms with E-state index in [1.54, 1.807) is 0 Å². The molecule has 0 radical (unpaired) electrons. The van der Waals surface area contributed by atoms with Crippen molar-refractivity contribution >= 4 is 17.0 Å². The molecule has 1 unspecified atom stereocenters. The monoisotopic (exact) mass is 459 g/mol. The minimum absolute atomic E-state index is 0.0777. The summed E-state index contributed by atoms with van der Waals surface area (Å²) in [5, 5.41) is 4.21. The largest absolute Gasteiger partial charge is 0.447 e. The topological polar surface area (TPSA) is 57.4 Å². The van der Waals surface area contributed by atoms with Gasteiger partial charge < -0.3 is 19.9 Å². The number of H-pyrrole nitrogens is 1. The van der Waals surface area contributed by atoms with Crippen molar-refractivity contribution in [2.45, 2.75) is 57.4 Å². The summed E-state index contributed by atoms with van der Waals surface area (Å²) < 4.78 is 5.03. The normalized spacial score (nSPS) is 20.4. The first-order valence-electron chi connectivity index (χ1n) is 12.9. The zero-order chi connectivity index (χ0) is 23.3. The number of hydrogen-bond donors (Lipinski definition) is 2. The molecular weight excluding hydrogens is 422 g/mol. The Hall–Kier alpha value is -2.79. The predicted molar refractivity (Wildman–Crippen MR) is 137 cm³/mol. The summed E-state index contributed by atoms with van der Waals surface area (Å²) in [6.07, 6.45) is 9.04. The van der Waals surface area contributed by atoms with Crippen LogP contribution in [0.1, 0.15) is 55.2 Å². The third-order valence-corrected chi connectivity index (χ3v) is 7.72. The smallest absolute Gasteiger partial charge is 0.407 e. The second-order valence-corrected chi connectivity index (χ2v) is 10.3. The van der Waals surface area contributed by atoms with Gasteiger partial charge in [0.05, 0.1) is 6.04 Å². The van der Waals surface area contributed by atoms with E-state index >= 15 is 0 Å². The van der Waals surface area contributed by atoms with Crippen LogP contribution in [0.25, 0.3) is 10.9 Å². The summed E-state index contributed by atoms with van der Waals surface area (Å²) in [6, 6.07) is 17.6. The van der Waals surface area contributed by atoms with Crippen LogP contribution in [0.5, 0.6) is 0 Å². The van der Waals surface area contributed by atoms with Crippen molar-refractivity contribution in [3.05, 3.63) is 71.4 Å². The number of carbonyl (C=O) groups is 1. The van der Waals surface area contributed by atoms with Gasteiger partial charge in [-0.3, -0.25) is 0 Å². The lowest BCUT2D eigenvalue weighted by Crippen LogP contribution is -2.36. The molecule has 2 N–H and O–H groups in total. The van der Waals surface area contributed by atoms with Gasteiger partial charge in [-0.15, -0.1) is 0 Å². The average Bonchev–Trinajstić information content (AvgIpc) is 3.46. The molecule has 2 saturated heterocycles. The van der Waals surface area contributed by atoms with Gasteiger partial charge in [0.15, 0.2) is 0 Å². The summed E-state index contributed by atoms with van der Waals surface area (Å²) in [4.78, 5) is 17.4. The Bertz CT molecular complexity index is 1090. The number of ether oxygens (including phenoxy) is 1. The lowest BCUT2D eigenvalue weighted by atomic mass is 9.90. The van der Waals surface area contributed by atoms with Gasteiger partial charge in [-0.2, -0.15) is 0 Å². The maximum atomic E-state index is 11.3. The summed E-state index contributed by atoms with van der Waals surface area (Å²) in [6.45, 7) is 6.46. The molecule has 5 rings (SSSR count). The van der Waals surface area contributed by atoms with Crippen LogP contribution in [-0.2, 0) is 17.6 Å². The van der Waals surface area contributed by atoms with E-state index in [2.05, 4.69) is 76.9 Å². The van der Waals surface area contributed by atoms with Crippen LogP contribution in [0.3, 0.4) is 0 Å². The first-order chi connectivity index (χ1) is 16.6. The highest BCUT2D eigenvalue weighted by Gasteiger charge is 2.23. The molecule has 2 aliphatic rings. The quantitative estimate of drug-likeness (QED) is 0.434. The number of rotatable bonds is 9. The first-order valence-corrected chi connectivity index (χ1v) is 12.9. The number of carbonyl (C=O) groups excluding carboxylic acids is 1. The summed E-state index contributed by atoms with van der Waals surface area (Å²) in [5.74, 6) is 1.46. The van der Waals surface area contributed by atoms with E-state index in [0.717, 1.165) is 18.8 Å². The second-order valence-electron chi connectivity index (χ2n) is 10.3. The van der Waals surface area contributed by atoms with Gasteiger partial charge in [0.25, 0.3) is 0 Å². The van der Waals surface area contributed by atoms with Crippen molar-refractivity contribution in [1.29, 1.82) is 0 Å². The molecule has 2 aromatic carbocycles. The van der Waals surface area contributed by atoms with Crippen LogP contribution in [0, 0.1) is 5.92 Å². The van der Waals surface area contributed by atoms with Gasteiger partial charge in [0.2, 0.25) is 0 Å². The molecule has 0 saturated carbocycles. The standard InChI is InChI=1S/C29H37N3O2/c1-21(24-7-3-2-4-8-24)19-32-14-12-22(13-15-32)6-5-9-25-18-30-28-11-10-23(17-27(25)28)16-26-20-34-29(33)31-26/h2-4,7-8,10-11,17-18,21-22,26,30H,5-6,9,12-16,19-20H2,1H3,(H,31,33)/t21?,26-/m0/s1. The Balaban J connectivity index is 1.08. The van der Waals surface area contributed by atoms with Gasteiger partial charge in [-0.25, -0.2) is 4.79 Å². The van der Waals surface area contributed by atoms with Gasteiger partial charge in [0, 0.05) is 23.6 Å². The van der Waals surface area contributed by atoms with Gasteiger partial charge in [0.1, 0.15) is 6.61 Å². The number of amides is 1. The third-order valence-electron chi connectivity index (χ3n) is 7.72. The summed E-state index contributed by atoms with van der Waals surface area (Å²) in [5.41, 5.74) is 5.32. The Labute approximate surface area is 202 Å². The number of aromatic amines is 1. The minimum atomic E-state index is -0.301. The molecular formula is C29H37N3O2. The number of piperidine rings is 1. The van der Waals surface area contributed by atoms with Crippen LogP contribution < -0.4 is 5.32 Å². The zero-order valence-corrected chi connectivity index (χ0v) is 20.3. The van der Waals surface area contributed by atoms with Crippen molar-refractivity contribution in [3.8, 4) is 0 Å². The van der Waals surface area contributed by atoms with E-state index < -0.39 is 0 Å². The predicted octanol–water partition coefficient (Wildman–Crippen LogP) is 5.66. The fraction of sp³-hybridized carbons (Fsp3) is 0.483. The molecule has 0 bridgehead atoms. The van der Waals surface area contributed by atoms with Crippen LogP contribution >= 0.6 is 0 Å². The number of likely N-dealkylation sites (tertiary alicyclic amines) is 1. The molecule has 1 amide bonds. The molecule has 0 spiro atoms. The number of nitrogens with zero attached hydrogens (tertiary/aromatic N) is 1. The number of aryl methyl sites for hydroxylation is 1. The summed E-state index contributed by atoms with van der Waals surface area (Å²) in [7, 11) is 0. The van der Waals surface area contributed by atoms with Crippen LogP contribution in [-0.4, -0.2) is 48.3 Å². The molecule has 1 aromatic heterocycles. The van der Waals surface area contributed by atoms with E-state index in [4.69, 9.17) is 4.74 Å². The maximum Gasteiger partial charge on any atom is 0.407 e. The number of nitrogens with one attached hydrogen (secondary N) is 2. The molecule has 3 aromatic rings. The van der Waals surface area contributed by atoms with E-state index in [-0.39, 0.29) is 12.1 Å². The average molecular weight is 460 g/mol. The lowest BCUT2D eigenvalue weighted by molar-refractivity contribution is 0.171. The molecule has 34 heavy (non-hydrogen) atoms. The number of cyclic esters (lactones) is 1. The number of fused-ring (bicyclic) bond motifs is 1. The fourth-order valence-electron chi connectivity index (χ4n) is 5.69. The SMILES string of the molecule is CC(CN1CCC(CCCc2c[nH]c3ccc(C[C@H]4COC(=O)N4)cc23)CC1)c1ccccc1. The van der Waals surface area contributed by atoms with Gasteiger partial charge >= 0.3 is 6.09 Å². The van der Waals surface area contributed by atoms with Crippen LogP contribution in [0.2, 0.25) is 0 Å². The Kier molecular flexibility index (Phi) is 7.19. The Morgan fingerprint density at radius 3 is 2.71 bits per heavy atom. The van der Waals surface area contributed by atoms with Crippen LogP contribution in [0.4, 0.5) is 4.79 Å². The van der Waals surface area contributed by atoms with E-state index in [0.29, 0.717) is 12.5 Å². The third kappa shape index (κ3) is 5.64. The number of aromatic nitrogens is 1.